The van der Waals surface area contributed by atoms with Crippen LogP contribution in [-0.2, 0) is 9.53 Å². The van der Waals surface area contributed by atoms with E-state index >= 15 is 0 Å². The highest BCUT2D eigenvalue weighted by Gasteiger charge is 2.14. The fourth-order valence-electron chi connectivity index (χ4n) is 1.67. The van der Waals surface area contributed by atoms with Gasteiger partial charge in [-0.1, -0.05) is 12.1 Å². The van der Waals surface area contributed by atoms with E-state index in [0.717, 1.165) is 0 Å². The Hall–Kier alpha value is -2.68. The minimum absolute atomic E-state index is 0.0202. The summed E-state index contributed by atoms with van der Waals surface area (Å²) in [5, 5.41) is 2.40. The van der Waals surface area contributed by atoms with Gasteiger partial charge in [-0.15, -0.1) is 0 Å². The second kappa shape index (κ2) is 8.25. The van der Waals surface area contributed by atoms with Crippen LogP contribution < -0.4 is 14.8 Å². The number of nitrogens with zero attached hydrogens (tertiary/aromatic N) is 2. The molecule has 2 aromatic rings. The molecule has 1 aromatic carbocycles. The van der Waals surface area contributed by atoms with Gasteiger partial charge in [-0.2, -0.15) is 9.97 Å². The summed E-state index contributed by atoms with van der Waals surface area (Å²) in [6.07, 6.45) is 0. The molecule has 0 unspecified atom stereocenters. The standard InChI is InChI=1S/C15H14BrN3O5/c1-22-12-7-13(23-2)19-15(18-12)17-11(20)8-24-14(21)9-5-3-4-6-10(9)16/h3-7H,8H2,1-2H3,(H,17,18,19,20). The summed E-state index contributed by atoms with van der Waals surface area (Å²) in [5.74, 6) is -0.787. The molecule has 0 aliphatic rings. The first-order valence-electron chi connectivity index (χ1n) is 6.72. The number of hydrogen-bond acceptors (Lipinski definition) is 7. The van der Waals surface area contributed by atoms with Crippen LogP contribution in [0.3, 0.4) is 0 Å². The lowest BCUT2D eigenvalue weighted by Crippen LogP contribution is -2.22. The zero-order valence-electron chi connectivity index (χ0n) is 12.9. The van der Waals surface area contributed by atoms with Crippen molar-refractivity contribution in [1.29, 1.82) is 0 Å². The Labute approximate surface area is 146 Å². The second-order valence-electron chi connectivity index (χ2n) is 4.38. The minimum Gasteiger partial charge on any atom is -0.481 e. The van der Waals surface area contributed by atoms with E-state index in [0.29, 0.717) is 10.0 Å². The lowest BCUT2D eigenvalue weighted by Gasteiger charge is -2.08. The second-order valence-corrected chi connectivity index (χ2v) is 5.23. The van der Waals surface area contributed by atoms with Crippen LogP contribution in [0.4, 0.5) is 5.95 Å². The quantitative estimate of drug-likeness (QED) is 0.746. The number of esters is 1. The van der Waals surface area contributed by atoms with Crippen molar-refractivity contribution in [2.45, 2.75) is 0 Å². The van der Waals surface area contributed by atoms with Crippen LogP contribution in [0.15, 0.2) is 34.8 Å². The monoisotopic (exact) mass is 395 g/mol. The maximum atomic E-state index is 11.9. The number of hydrogen-bond donors (Lipinski definition) is 1. The van der Waals surface area contributed by atoms with Gasteiger partial charge in [0, 0.05) is 4.47 Å². The highest BCUT2D eigenvalue weighted by molar-refractivity contribution is 9.10. The largest absolute Gasteiger partial charge is 0.481 e. The number of benzene rings is 1. The van der Waals surface area contributed by atoms with Crippen molar-refractivity contribution < 1.29 is 23.8 Å². The van der Waals surface area contributed by atoms with E-state index in [1.165, 1.54) is 20.3 Å². The molecule has 1 N–H and O–H groups in total. The molecule has 0 atom stereocenters. The third kappa shape index (κ3) is 4.66. The molecule has 1 heterocycles. The lowest BCUT2D eigenvalue weighted by molar-refractivity contribution is -0.119. The molecule has 0 radical (unpaired) electrons. The summed E-state index contributed by atoms with van der Waals surface area (Å²) >= 11 is 3.24. The van der Waals surface area contributed by atoms with Crippen molar-refractivity contribution >= 4 is 33.8 Å². The first-order chi connectivity index (χ1) is 11.5. The normalized spacial score (nSPS) is 9.96. The van der Waals surface area contributed by atoms with Gasteiger partial charge in [0.15, 0.2) is 6.61 Å². The smallest absolute Gasteiger partial charge is 0.339 e. The van der Waals surface area contributed by atoms with E-state index in [-0.39, 0.29) is 17.7 Å². The Kier molecular flexibility index (Phi) is 6.07. The zero-order valence-corrected chi connectivity index (χ0v) is 14.5. The summed E-state index contributed by atoms with van der Waals surface area (Å²) in [6.45, 7) is -0.483. The number of carbonyl (C=O) groups is 2. The number of aromatic nitrogens is 2. The van der Waals surface area contributed by atoms with E-state index in [9.17, 15) is 9.59 Å². The van der Waals surface area contributed by atoms with Crippen LogP contribution in [-0.4, -0.2) is 42.7 Å². The number of rotatable bonds is 6. The topological polar surface area (TPSA) is 99.6 Å². The van der Waals surface area contributed by atoms with Crippen LogP contribution in [0.25, 0.3) is 0 Å². The molecule has 0 spiro atoms. The van der Waals surface area contributed by atoms with Gasteiger partial charge in [0.1, 0.15) is 0 Å². The molecule has 0 fully saturated rings. The maximum Gasteiger partial charge on any atom is 0.339 e. The van der Waals surface area contributed by atoms with Crippen molar-refractivity contribution in [2.75, 3.05) is 26.1 Å². The molecule has 24 heavy (non-hydrogen) atoms. The minimum atomic E-state index is -0.623. The van der Waals surface area contributed by atoms with Gasteiger partial charge in [0.05, 0.1) is 25.8 Å². The predicted molar refractivity (Wildman–Crippen MR) is 88.2 cm³/mol. The van der Waals surface area contributed by atoms with Gasteiger partial charge in [0.25, 0.3) is 5.91 Å². The number of halogens is 1. The van der Waals surface area contributed by atoms with Gasteiger partial charge in [-0.3, -0.25) is 10.1 Å². The average Bonchev–Trinajstić information content (AvgIpc) is 2.59. The molecular weight excluding hydrogens is 382 g/mol. The third-order valence-electron chi connectivity index (χ3n) is 2.78. The summed E-state index contributed by atoms with van der Waals surface area (Å²) in [5.41, 5.74) is 0.324. The highest BCUT2D eigenvalue weighted by Crippen LogP contribution is 2.18. The SMILES string of the molecule is COc1cc(OC)nc(NC(=O)COC(=O)c2ccccc2Br)n1. The molecule has 0 aliphatic carbocycles. The van der Waals surface area contributed by atoms with Gasteiger partial charge in [-0.25, -0.2) is 4.79 Å². The van der Waals surface area contributed by atoms with Crippen LogP contribution in [0.2, 0.25) is 0 Å². The molecule has 1 aromatic heterocycles. The van der Waals surface area contributed by atoms with Crippen LogP contribution >= 0.6 is 15.9 Å². The van der Waals surface area contributed by atoms with Gasteiger partial charge < -0.3 is 14.2 Å². The summed E-state index contributed by atoms with van der Waals surface area (Å²) in [4.78, 5) is 31.7. The fourth-order valence-corrected chi connectivity index (χ4v) is 2.11. The summed E-state index contributed by atoms with van der Waals surface area (Å²) < 4.78 is 15.5. The molecule has 0 saturated heterocycles. The maximum absolute atomic E-state index is 11.9. The molecule has 1 amide bonds. The van der Waals surface area contributed by atoms with E-state index in [1.54, 1.807) is 24.3 Å². The highest BCUT2D eigenvalue weighted by atomic mass is 79.9. The number of carbonyl (C=O) groups excluding carboxylic acids is 2. The fraction of sp³-hybridized carbons (Fsp3) is 0.200. The van der Waals surface area contributed by atoms with Crippen molar-refractivity contribution in [3.05, 3.63) is 40.4 Å². The number of anilines is 1. The molecular formula is C15H14BrN3O5. The number of methoxy groups -OCH3 is 2. The average molecular weight is 396 g/mol. The number of ether oxygens (including phenoxy) is 3. The number of nitrogens with one attached hydrogen (secondary N) is 1. The predicted octanol–water partition coefficient (Wildman–Crippen LogP) is 2.05. The molecule has 8 nitrogen and oxygen atoms in total. The van der Waals surface area contributed by atoms with Gasteiger partial charge in [-0.05, 0) is 28.1 Å². The molecule has 126 valence electrons. The van der Waals surface area contributed by atoms with Gasteiger partial charge >= 0.3 is 5.97 Å². The zero-order chi connectivity index (χ0) is 17.5. The van der Waals surface area contributed by atoms with Crippen LogP contribution in [0.5, 0.6) is 11.8 Å². The van der Waals surface area contributed by atoms with Crippen molar-refractivity contribution in [3.8, 4) is 11.8 Å². The first kappa shape index (κ1) is 17.7. The van der Waals surface area contributed by atoms with E-state index in [1.807, 2.05) is 0 Å². The van der Waals surface area contributed by atoms with Crippen molar-refractivity contribution in [2.24, 2.45) is 0 Å². The first-order valence-corrected chi connectivity index (χ1v) is 7.51. The van der Waals surface area contributed by atoms with Crippen molar-refractivity contribution in [3.63, 3.8) is 0 Å². The van der Waals surface area contributed by atoms with Crippen molar-refractivity contribution in [1.82, 2.24) is 9.97 Å². The van der Waals surface area contributed by atoms with E-state index < -0.39 is 18.5 Å². The molecule has 0 aliphatic heterocycles. The third-order valence-corrected chi connectivity index (χ3v) is 3.47. The molecule has 9 heteroatoms. The molecule has 0 saturated carbocycles. The Balaban J connectivity index is 1.96. The van der Waals surface area contributed by atoms with Gasteiger partial charge in [0.2, 0.25) is 17.7 Å². The molecule has 0 bridgehead atoms. The van der Waals surface area contributed by atoms with Crippen LogP contribution in [0, 0.1) is 0 Å². The Morgan fingerprint density at radius 2 is 1.75 bits per heavy atom. The van der Waals surface area contributed by atoms with E-state index in [4.69, 9.17) is 14.2 Å². The lowest BCUT2D eigenvalue weighted by atomic mass is 10.2. The summed E-state index contributed by atoms with van der Waals surface area (Å²) in [7, 11) is 2.85. The summed E-state index contributed by atoms with van der Waals surface area (Å²) in [6, 6.07) is 8.20. The van der Waals surface area contributed by atoms with E-state index in [2.05, 4.69) is 31.2 Å². The number of amides is 1. The van der Waals surface area contributed by atoms with Crippen LogP contribution in [0.1, 0.15) is 10.4 Å². The Bertz CT molecular complexity index is 731. The Morgan fingerprint density at radius 1 is 1.12 bits per heavy atom. The Morgan fingerprint density at radius 3 is 2.33 bits per heavy atom. The molecule has 2 rings (SSSR count).